The van der Waals surface area contributed by atoms with E-state index >= 15 is 0 Å². The van der Waals surface area contributed by atoms with Gasteiger partial charge in [0.2, 0.25) is 0 Å². The summed E-state index contributed by atoms with van der Waals surface area (Å²) in [5.74, 6) is -0.620. The molecule has 3 nitrogen and oxygen atoms in total. The predicted octanol–water partition coefficient (Wildman–Crippen LogP) is 5.03. The number of carboxylic acids is 1. The van der Waals surface area contributed by atoms with Gasteiger partial charge in [0.15, 0.2) is 0 Å². The predicted molar refractivity (Wildman–Crippen MR) is 81.9 cm³/mol. The number of carboxylic acid groups (broad SMARTS) is 1. The third kappa shape index (κ3) is 3.66. The zero-order valence-electron chi connectivity index (χ0n) is 10.1. The molecule has 0 spiro atoms. The minimum Gasteiger partial charge on any atom is -0.487 e. The van der Waals surface area contributed by atoms with Crippen molar-refractivity contribution in [3.63, 3.8) is 0 Å². The van der Waals surface area contributed by atoms with Gasteiger partial charge in [-0.05, 0) is 30.3 Å². The van der Waals surface area contributed by atoms with Gasteiger partial charge in [-0.1, -0.05) is 45.2 Å². The summed E-state index contributed by atoms with van der Waals surface area (Å²) in [6.07, 6.45) is 0. The molecule has 0 saturated carbocycles. The molecule has 0 radical (unpaired) electrons. The maximum absolute atomic E-state index is 10.8. The van der Waals surface area contributed by atoms with Crippen LogP contribution in [0.3, 0.4) is 0 Å². The second-order valence-electron chi connectivity index (χ2n) is 3.97. The Bertz CT molecular complexity index is 659. The van der Waals surface area contributed by atoms with Crippen LogP contribution in [-0.2, 0) is 6.61 Å². The molecule has 0 aliphatic carbocycles. The van der Waals surface area contributed by atoms with Crippen LogP contribution in [0.25, 0.3) is 0 Å². The van der Waals surface area contributed by atoms with Gasteiger partial charge in [-0.3, -0.25) is 0 Å². The van der Waals surface area contributed by atoms with E-state index < -0.39 is 5.97 Å². The minimum atomic E-state index is -1.03. The molecule has 0 unspecified atom stereocenters. The molecule has 0 saturated heterocycles. The summed E-state index contributed by atoms with van der Waals surface area (Å²) in [6.45, 7) is 0.248. The first-order chi connectivity index (χ1) is 9.47. The number of halogens is 3. The van der Waals surface area contributed by atoms with Crippen molar-refractivity contribution in [3.8, 4) is 5.75 Å². The Kier molecular flexibility index (Phi) is 4.91. The first-order valence-electron chi connectivity index (χ1n) is 5.57. The molecule has 0 atom stereocenters. The standard InChI is InChI=1S/C14H9BrCl2O3/c15-10-3-1-9(11(16)6-10)7-20-13-4-2-8(14(18)19)5-12(13)17/h1-6H,7H2,(H,18,19). The number of benzene rings is 2. The zero-order valence-corrected chi connectivity index (χ0v) is 13.2. The average molecular weight is 376 g/mol. The Hall–Kier alpha value is -1.23. The second kappa shape index (κ2) is 6.48. The second-order valence-corrected chi connectivity index (χ2v) is 5.70. The summed E-state index contributed by atoms with van der Waals surface area (Å²) < 4.78 is 6.44. The largest absolute Gasteiger partial charge is 0.487 e. The van der Waals surface area contributed by atoms with E-state index in [9.17, 15) is 4.79 Å². The molecule has 6 heteroatoms. The van der Waals surface area contributed by atoms with E-state index in [0.717, 1.165) is 10.0 Å². The molecule has 0 bridgehead atoms. The number of ether oxygens (including phenoxy) is 1. The average Bonchev–Trinajstić information content (AvgIpc) is 2.38. The Labute approximate surface area is 134 Å². The highest BCUT2D eigenvalue weighted by Gasteiger charge is 2.09. The number of hydrogen-bond donors (Lipinski definition) is 1. The third-order valence-corrected chi connectivity index (χ3v) is 3.72. The van der Waals surface area contributed by atoms with Crippen LogP contribution >= 0.6 is 39.1 Å². The lowest BCUT2D eigenvalue weighted by Crippen LogP contribution is -1.99. The summed E-state index contributed by atoms with van der Waals surface area (Å²) >= 11 is 15.4. The van der Waals surface area contributed by atoms with Gasteiger partial charge in [0.1, 0.15) is 12.4 Å². The summed E-state index contributed by atoms with van der Waals surface area (Å²) in [5.41, 5.74) is 0.928. The number of hydrogen-bond acceptors (Lipinski definition) is 2. The highest BCUT2D eigenvalue weighted by molar-refractivity contribution is 9.10. The van der Waals surface area contributed by atoms with Crippen LogP contribution in [0.15, 0.2) is 40.9 Å². The molecule has 0 heterocycles. The summed E-state index contributed by atoms with van der Waals surface area (Å²) in [4.78, 5) is 10.8. The van der Waals surface area contributed by atoms with Crippen molar-refractivity contribution in [2.45, 2.75) is 6.61 Å². The van der Waals surface area contributed by atoms with Gasteiger partial charge in [-0.2, -0.15) is 0 Å². The molecule has 1 N–H and O–H groups in total. The van der Waals surface area contributed by atoms with Crippen LogP contribution in [0.1, 0.15) is 15.9 Å². The van der Waals surface area contributed by atoms with Crippen molar-refractivity contribution in [2.24, 2.45) is 0 Å². The van der Waals surface area contributed by atoms with E-state index in [2.05, 4.69) is 15.9 Å². The van der Waals surface area contributed by atoms with Gasteiger partial charge in [0, 0.05) is 15.1 Å². The van der Waals surface area contributed by atoms with E-state index in [4.69, 9.17) is 33.0 Å². The fourth-order valence-corrected chi connectivity index (χ4v) is 2.51. The lowest BCUT2D eigenvalue weighted by atomic mass is 10.2. The van der Waals surface area contributed by atoms with Crippen molar-refractivity contribution in [3.05, 3.63) is 62.0 Å². The van der Waals surface area contributed by atoms with Crippen molar-refractivity contribution < 1.29 is 14.6 Å². The summed E-state index contributed by atoms with van der Waals surface area (Å²) in [6, 6.07) is 9.79. The molecule has 20 heavy (non-hydrogen) atoms. The van der Waals surface area contributed by atoms with E-state index in [0.29, 0.717) is 10.8 Å². The van der Waals surface area contributed by atoms with Gasteiger partial charge in [-0.25, -0.2) is 4.79 Å². The van der Waals surface area contributed by atoms with Gasteiger partial charge in [0.25, 0.3) is 0 Å². The number of rotatable bonds is 4. The molecule has 0 fully saturated rings. The number of carbonyl (C=O) groups is 1. The monoisotopic (exact) mass is 374 g/mol. The van der Waals surface area contributed by atoms with Crippen molar-refractivity contribution >= 4 is 45.1 Å². The highest BCUT2D eigenvalue weighted by atomic mass is 79.9. The molecule has 2 aromatic carbocycles. The molecule has 0 amide bonds. The van der Waals surface area contributed by atoms with Crippen LogP contribution in [0.4, 0.5) is 0 Å². The third-order valence-electron chi connectivity index (χ3n) is 2.58. The Morgan fingerprint density at radius 3 is 2.50 bits per heavy atom. The normalized spacial score (nSPS) is 10.3. The molecule has 0 aromatic heterocycles. The van der Waals surface area contributed by atoms with Crippen LogP contribution in [0.5, 0.6) is 5.75 Å². The maximum atomic E-state index is 10.8. The first kappa shape index (κ1) is 15.2. The van der Waals surface area contributed by atoms with Crippen molar-refractivity contribution in [1.29, 1.82) is 0 Å². The fraction of sp³-hybridized carbons (Fsp3) is 0.0714. The van der Waals surface area contributed by atoms with E-state index in [-0.39, 0.29) is 17.2 Å². The Morgan fingerprint density at radius 2 is 1.90 bits per heavy atom. The van der Waals surface area contributed by atoms with Crippen LogP contribution in [0.2, 0.25) is 10.0 Å². The number of aromatic carboxylic acids is 1. The lowest BCUT2D eigenvalue weighted by Gasteiger charge is -2.10. The van der Waals surface area contributed by atoms with Gasteiger partial charge in [-0.15, -0.1) is 0 Å². The molecule has 2 rings (SSSR count). The maximum Gasteiger partial charge on any atom is 0.335 e. The molecular weight excluding hydrogens is 367 g/mol. The van der Waals surface area contributed by atoms with Crippen LogP contribution in [0, 0.1) is 0 Å². The van der Waals surface area contributed by atoms with Crippen LogP contribution < -0.4 is 4.74 Å². The van der Waals surface area contributed by atoms with Crippen molar-refractivity contribution in [1.82, 2.24) is 0 Å². The Morgan fingerprint density at radius 1 is 1.15 bits per heavy atom. The fourth-order valence-electron chi connectivity index (χ4n) is 1.55. The van der Waals surface area contributed by atoms with Crippen molar-refractivity contribution in [2.75, 3.05) is 0 Å². The molecule has 104 valence electrons. The van der Waals surface area contributed by atoms with E-state index in [1.807, 2.05) is 12.1 Å². The molecule has 0 aliphatic heterocycles. The summed E-state index contributed by atoms with van der Waals surface area (Å²) in [5, 5.41) is 9.68. The van der Waals surface area contributed by atoms with E-state index in [1.165, 1.54) is 18.2 Å². The van der Waals surface area contributed by atoms with E-state index in [1.54, 1.807) is 6.07 Å². The Balaban J connectivity index is 2.13. The van der Waals surface area contributed by atoms with Crippen LogP contribution in [-0.4, -0.2) is 11.1 Å². The quantitative estimate of drug-likeness (QED) is 0.814. The van der Waals surface area contributed by atoms with Gasteiger partial charge < -0.3 is 9.84 Å². The molecule has 0 aliphatic rings. The minimum absolute atomic E-state index is 0.115. The summed E-state index contributed by atoms with van der Waals surface area (Å²) in [7, 11) is 0. The zero-order chi connectivity index (χ0) is 14.7. The smallest absolute Gasteiger partial charge is 0.335 e. The van der Waals surface area contributed by atoms with Gasteiger partial charge >= 0.3 is 5.97 Å². The highest BCUT2D eigenvalue weighted by Crippen LogP contribution is 2.28. The van der Waals surface area contributed by atoms with Gasteiger partial charge in [0.05, 0.1) is 10.6 Å². The lowest BCUT2D eigenvalue weighted by molar-refractivity contribution is 0.0697. The molecular formula is C14H9BrCl2O3. The first-order valence-corrected chi connectivity index (χ1v) is 7.12. The SMILES string of the molecule is O=C(O)c1ccc(OCc2ccc(Br)cc2Cl)c(Cl)c1. The molecule has 2 aromatic rings. The topological polar surface area (TPSA) is 46.5 Å².